The number of rotatable bonds is 3. The summed E-state index contributed by atoms with van der Waals surface area (Å²) < 4.78 is 27.2. The summed E-state index contributed by atoms with van der Waals surface area (Å²) in [5, 5.41) is 19.1. The highest BCUT2D eigenvalue weighted by molar-refractivity contribution is 7.89. The Morgan fingerprint density at radius 1 is 1.43 bits per heavy atom. The largest absolute Gasteiger partial charge is 0.392 e. The van der Waals surface area contributed by atoms with E-state index in [1.165, 1.54) is 10.4 Å². The Hall–Kier alpha value is -1.42. The second-order valence-corrected chi connectivity index (χ2v) is 7.34. The number of nitriles is 1. The molecule has 1 saturated heterocycles. The van der Waals surface area contributed by atoms with E-state index in [2.05, 4.69) is 0 Å². The van der Waals surface area contributed by atoms with Gasteiger partial charge in [-0.1, -0.05) is 18.6 Å². The average molecular weight is 308 g/mol. The lowest BCUT2D eigenvalue weighted by Crippen LogP contribution is -2.48. The summed E-state index contributed by atoms with van der Waals surface area (Å²) in [5.41, 5.74) is 0.830. The molecule has 0 aromatic heterocycles. The zero-order valence-corrected chi connectivity index (χ0v) is 13.1. The molecule has 21 heavy (non-hydrogen) atoms. The van der Waals surface area contributed by atoms with Gasteiger partial charge in [-0.05, 0) is 38.3 Å². The molecule has 1 fully saturated rings. The zero-order chi connectivity index (χ0) is 15.6. The van der Waals surface area contributed by atoms with Gasteiger partial charge < -0.3 is 5.11 Å². The monoisotopic (exact) mass is 308 g/mol. The number of hydrogen-bond donors (Lipinski definition) is 1. The quantitative estimate of drug-likeness (QED) is 0.923. The minimum absolute atomic E-state index is 0.0394. The molecule has 0 aliphatic carbocycles. The molecule has 5 nitrogen and oxygen atoms in total. The molecule has 6 heteroatoms. The predicted molar refractivity (Wildman–Crippen MR) is 79.1 cm³/mol. The van der Waals surface area contributed by atoms with Crippen LogP contribution in [0.2, 0.25) is 0 Å². The summed E-state index contributed by atoms with van der Waals surface area (Å²) in [7, 11) is -3.77. The van der Waals surface area contributed by atoms with Crippen molar-refractivity contribution in [2.24, 2.45) is 0 Å². The van der Waals surface area contributed by atoms with Crippen LogP contribution in [0.3, 0.4) is 0 Å². The third-order valence-corrected chi connectivity index (χ3v) is 5.95. The molecule has 2 unspecified atom stereocenters. The molecule has 0 saturated carbocycles. The molecule has 1 heterocycles. The summed E-state index contributed by atoms with van der Waals surface area (Å²) in [5.74, 6) is 0. The molecule has 1 aromatic rings. The minimum atomic E-state index is -3.77. The van der Waals surface area contributed by atoms with E-state index in [0.29, 0.717) is 18.5 Å². The highest BCUT2D eigenvalue weighted by Crippen LogP contribution is 2.29. The fourth-order valence-corrected chi connectivity index (χ4v) is 4.81. The first kappa shape index (κ1) is 16.0. The predicted octanol–water partition coefficient (Wildman–Crippen LogP) is 1.79. The summed E-state index contributed by atoms with van der Waals surface area (Å²) in [4.78, 5) is 0.0394. The van der Waals surface area contributed by atoms with Crippen molar-refractivity contribution in [3.63, 3.8) is 0 Å². The van der Waals surface area contributed by atoms with Crippen molar-refractivity contribution >= 4 is 10.0 Å². The van der Waals surface area contributed by atoms with Gasteiger partial charge in [0, 0.05) is 6.54 Å². The second-order valence-electron chi connectivity index (χ2n) is 5.48. The van der Waals surface area contributed by atoms with Crippen molar-refractivity contribution in [1.29, 1.82) is 5.26 Å². The Bertz CT molecular complexity index is 662. The van der Waals surface area contributed by atoms with Gasteiger partial charge in [0.05, 0.1) is 17.7 Å². The summed E-state index contributed by atoms with van der Waals surface area (Å²) in [6.07, 6.45) is 1.59. The molecular formula is C15H20N2O3S. The number of aryl methyl sites for hydroxylation is 1. The van der Waals surface area contributed by atoms with Crippen LogP contribution in [0.4, 0.5) is 0 Å². The molecule has 1 aromatic carbocycles. The van der Waals surface area contributed by atoms with Crippen molar-refractivity contribution in [2.45, 2.75) is 50.2 Å². The topological polar surface area (TPSA) is 81.4 Å². The van der Waals surface area contributed by atoms with Crippen LogP contribution < -0.4 is 0 Å². The van der Waals surface area contributed by atoms with E-state index < -0.39 is 22.2 Å². The zero-order valence-electron chi connectivity index (χ0n) is 12.3. The Kier molecular flexibility index (Phi) is 4.67. The lowest BCUT2D eigenvalue weighted by molar-refractivity contribution is 0.0831. The molecule has 114 valence electrons. The lowest BCUT2D eigenvalue weighted by Gasteiger charge is -2.36. The number of aliphatic hydroxyl groups is 1. The van der Waals surface area contributed by atoms with E-state index in [1.54, 1.807) is 26.0 Å². The number of sulfonamides is 1. The number of piperidine rings is 1. The summed E-state index contributed by atoms with van der Waals surface area (Å²) in [6.45, 7) is 3.72. The third-order valence-electron chi connectivity index (χ3n) is 3.99. The average Bonchev–Trinajstić information content (AvgIpc) is 2.46. The molecule has 0 spiro atoms. The maximum absolute atomic E-state index is 12.9. The first-order valence-corrected chi connectivity index (χ1v) is 8.53. The van der Waals surface area contributed by atoms with Crippen LogP contribution in [0.15, 0.2) is 23.1 Å². The second kappa shape index (κ2) is 6.14. The van der Waals surface area contributed by atoms with E-state index in [0.717, 1.165) is 12.8 Å². The Morgan fingerprint density at radius 2 is 2.14 bits per heavy atom. The van der Waals surface area contributed by atoms with E-state index in [-0.39, 0.29) is 10.5 Å². The van der Waals surface area contributed by atoms with Crippen LogP contribution in [-0.2, 0) is 10.0 Å². The number of hydrogen-bond acceptors (Lipinski definition) is 4. The van der Waals surface area contributed by atoms with Crippen LogP contribution in [0, 0.1) is 18.3 Å². The van der Waals surface area contributed by atoms with Crippen molar-refractivity contribution in [3.05, 3.63) is 29.3 Å². The SMILES string of the molecule is Cc1cccc(S(=O)(=O)N2CCCCC2C(C)O)c1C#N. The molecule has 1 aliphatic heterocycles. The molecule has 1 N–H and O–H groups in total. The van der Waals surface area contributed by atoms with E-state index >= 15 is 0 Å². The number of benzene rings is 1. The lowest BCUT2D eigenvalue weighted by atomic mass is 10.0. The van der Waals surface area contributed by atoms with Gasteiger partial charge in [-0.2, -0.15) is 9.57 Å². The fourth-order valence-electron chi connectivity index (χ4n) is 2.84. The maximum atomic E-state index is 12.9. The van der Waals surface area contributed by atoms with Gasteiger partial charge in [0.2, 0.25) is 10.0 Å². The third kappa shape index (κ3) is 2.95. The summed E-state index contributed by atoms with van der Waals surface area (Å²) in [6, 6.07) is 6.40. The van der Waals surface area contributed by atoms with Gasteiger partial charge >= 0.3 is 0 Å². The molecule has 2 atom stereocenters. The normalized spacial score (nSPS) is 21.7. The van der Waals surface area contributed by atoms with Crippen molar-refractivity contribution < 1.29 is 13.5 Å². The molecule has 0 bridgehead atoms. The first-order valence-electron chi connectivity index (χ1n) is 7.09. The highest BCUT2D eigenvalue weighted by Gasteiger charge is 2.37. The fraction of sp³-hybridized carbons (Fsp3) is 0.533. The molecular weight excluding hydrogens is 288 g/mol. The van der Waals surface area contributed by atoms with Gasteiger partial charge in [0.1, 0.15) is 11.0 Å². The van der Waals surface area contributed by atoms with Gasteiger partial charge in [-0.15, -0.1) is 0 Å². The smallest absolute Gasteiger partial charge is 0.244 e. The molecule has 0 radical (unpaired) electrons. The van der Waals surface area contributed by atoms with Crippen LogP contribution in [-0.4, -0.2) is 36.5 Å². The molecule has 0 amide bonds. The maximum Gasteiger partial charge on any atom is 0.244 e. The van der Waals surface area contributed by atoms with Crippen LogP contribution in [0.1, 0.15) is 37.3 Å². The van der Waals surface area contributed by atoms with E-state index in [1.807, 2.05) is 6.07 Å². The van der Waals surface area contributed by atoms with Crippen molar-refractivity contribution in [2.75, 3.05) is 6.54 Å². The van der Waals surface area contributed by atoms with E-state index in [4.69, 9.17) is 0 Å². The number of nitrogens with zero attached hydrogens (tertiary/aromatic N) is 2. The number of aliphatic hydroxyl groups excluding tert-OH is 1. The summed E-state index contributed by atoms with van der Waals surface area (Å²) >= 11 is 0. The molecule has 1 aliphatic rings. The standard InChI is InChI=1S/C15H20N2O3S/c1-11-6-5-8-15(13(11)10-16)21(19,20)17-9-4-3-7-14(17)12(2)18/h5-6,8,12,14,18H,3-4,7,9H2,1-2H3. The highest BCUT2D eigenvalue weighted by atomic mass is 32.2. The van der Waals surface area contributed by atoms with Gasteiger partial charge in [0.25, 0.3) is 0 Å². The minimum Gasteiger partial charge on any atom is -0.392 e. The van der Waals surface area contributed by atoms with Gasteiger partial charge in [-0.25, -0.2) is 8.42 Å². The van der Waals surface area contributed by atoms with Crippen LogP contribution in [0.25, 0.3) is 0 Å². The van der Waals surface area contributed by atoms with Crippen LogP contribution >= 0.6 is 0 Å². The van der Waals surface area contributed by atoms with Crippen molar-refractivity contribution in [3.8, 4) is 6.07 Å². The van der Waals surface area contributed by atoms with Gasteiger partial charge in [-0.3, -0.25) is 0 Å². The van der Waals surface area contributed by atoms with Gasteiger partial charge in [0.15, 0.2) is 0 Å². The Morgan fingerprint density at radius 3 is 2.76 bits per heavy atom. The van der Waals surface area contributed by atoms with Crippen LogP contribution in [0.5, 0.6) is 0 Å². The molecule has 2 rings (SSSR count). The Balaban J connectivity index is 2.51. The van der Waals surface area contributed by atoms with Crippen molar-refractivity contribution in [1.82, 2.24) is 4.31 Å². The first-order chi connectivity index (χ1) is 9.89. The van der Waals surface area contributed by atoms with E-state index in [9.17, 15) is 18.8 Å². The Labute approximate surface area is 125 Å².